The van der Waals surface area contributed by atoms with Crippen LogP contribution in [0.2, 0.25) is 0 Å². The van der Waals surface area contributed by atoms with E-state index in [0.717, 1.165) is 49.7 Å². The normalized spacial score (nSPS) is 15.6. The molecule has 1 aliphatic rings. The molecule has 0 radical (unpaired) electrons. The van der Waals surface area contributed by atoms with Crippen molar-refractivity contribution in [2.45, 2.75) is 55.8 Å². The minimum Gasteiger partial charge on any atom is -0.406 e. The molecule has 37 heavy (non-hydrogen) atoms. The average Bonchev–Trinajstić information content (AvgIpc) is 3.33. The van der Waals surface area contributed by atoms with Crippen LogP contribution in [0, 0.1) is 5.92 Å². The molecular formula is C24H30F3N3O5S2. The van der Waals surface area contributed by atoms with Gasteiger partial charge in [-0.05, 0) is 48.1 Å². The smallest absolute Gasteiger partial charge is 0.406 e. The monoisotopic (exact) mass is 561 g/mol. The van der Waals surface area contributed by atoms with Crippen molar-refractivity contribution in [2.75, 3.05) is 24.7 Å². The van der Waals surface area contributed by atoms with Crippen LogP contribution in [0.1, 0.15) is 48.2 Å². The van der Waals surface area contributed by atoms with E-state index in [1.54, 1.807) is 0 Å². The zero-order chi connectivity index (χ0) is 27.1. The Hall–Kier alpha value is -2.80. The van der Waals surface area contributed by atoms with Gasteiger partial charge >= 0.3 is 6.36 Å². The molecule has 204 valence electrons. The SMILES string of the molecule is CS(=O)(=O)c1ccsc1C(=O)N[C@@H](CC1CCCCC1)C(=O)NCCNc1ccc(OC(F)(F)F)cc1. The fourth-order valence-corrected chi connectivity index (χ4v) is 6.38. The molecule has 3 N–H and O–H groups in total. The van der Waals surface area contributed by atoms with Gasteiger partial charge in [-0.1, -0.05) is 32.1 Å². The molecule has 1 aromatic carbocycles. The second-order valence-electron chi connectivity index (χ2n) is 8.94. The fourth-order valence-electron chi connectivity index (χ4n) is 4.26. The van der Waals surface area contributed by atoms with E-state index in [4.69, 9.17) is 0 Å². The standard InChI is InChI=1S/C24H30F3N3O5S2/c1-37(33,34)20-11-14-36-21(20)23(32)30-19(15-16-5-3-2-4-6-16)22(31)29-13-12-28-17-7-9-18(10-8-17)35-24(25,26)27/h7-11,14,16,19,28H,2-6,12-13,15H2,1H3,(H,29,31)(H,30,32)/t19-/m0/s1. The van der Waals surface area contributed by atoms with Crippen molar-refractivity contribution in [3.8, 4) is 5.75 Å². The maximum Gasteiger partial charge on any atom is 0.573 e. The number of nitrogens with one attached hydrogen (secondary N) is 3. The predicted octanol–water partition coefficient (Wildman–Crippen LogP) is 4.35. The zero-order valence-corrected chi connectivity index (χ0v) is 21.9. The highest BCUT2D eigenvalue weighted by atomic mass is 32.2. The largest absolute Gasteiger partial charge is 0.573 e. The first-order valence-electron chi connectivity index (χ1n) is 11.9. The number of alkyl halides is 3. The number of carbonyl (C=O) groups excluding carboxylic acids is 2. The lowest BCUT2D eigenvalue weighted by atomic mass is 9.84. The summed E-state index contributed by atoms with van der Waals surface area (Å²) in [7, 11) is -3.60. The molecule has 0 unspecified atom stereocenters. The lowest BCUT2D eigenvalue weighted by Gasteiger charge is -2.26. The molecule has 1 aromatic heterocycles. The second kappa shape index (κ2) is 12.6. The van der Waals surface area contributed by atoms with Gasteiger partial charge in [-0.3, -0.25) is 9.59 Å². The number of sulfone groups is 1. The van der Waals surface area contributed by atoms with Gasteiger partial charge in [-0.15, -0.1) is 24.5 Å². The summed E-state index contributed by atoms with van der Waals surface area (Å²) in [4.78, 5) is 25.9. The van der Waals surface area contributed by atoms with Crippen molar-refractivity contribution < 1.29 is 35.9 Å². The Labute approximate surface area is 217 Å². The molecule has 13 heteroatoms. The summed E-state index contributed by atoms with van der Waals surface area (Å²) in [5.74, 6) is -1.05. The molecule has 0 aliphatic heterocycles. The number of anilines is 1. The number of ether oxygens (including phenoxy) is 1. The van der Waals surface area contributed by atoms with E-state index in [2.05, 4.69) is 20.7 Å². The Morgan fingerprint density at radius 3 is 2.38 bits per heavy atom. The quantitative estimate of drug-likeness (QED) is 0.352. The Bertz CT molecular complexity index is 1160. The topological polar surface area (TPSA) is 114 Å². The lowest BCUT2D eigenvalue weighted by Crippen LogP contribution is -2.48. The number of carbonyl (C=O) groups is 2. The summed E-state index contributed by atoms with van der Waals surface area (Å²) < 4.78 is 64.7. The number of hydrogen-bond acceptors (Lipinski definition) is 7. The van der Waals surface area contributed by atoms with Crippen LogP contribution in [-0.4, -0.2) is 52.0 Å². The van der Waals surface area contributed by atoms with Crippen LogP contribution in [0.4, 0.5) is 18.9 Å². The van der Waals surface area contributed by atoms with Gasteiger partial charge in [0.05, 0.1) is 4.90 Å². The maximum atomic E-state index is 13.0. The third-order valence-corrected chi connectivity index (χ3v) is 8.17. The summed E-state index contributed by atoms with van der Waals surface area (Å²) in [6.07, 6.45) is 1.90. The fraction of sp³-hybridized carbons (Fsp3) is 0.500. The number of rotatable bonds is 11. The maximum absolute atomic E-state index is 13.0. The molecule has 1 fully saturated rings. The molecular weight excluding hydrogens is 531 g/mol. The molecule has 8 nitrogen and oxygen atoms in total. The predicted molar refractivity (Wildman–Crippen MR) is 134 cm³/mol. The second-order valence-corrected chi connectivity index (χ2v) is 11.8. The Kier molecular flexibility index (Phi) is 9.82. The van der Waals surface area contributed by atoms with E-state index in [0.29, 0.717) is 18.7 Å². The van der Waals surface area contributed by atoms with Crippen molar-refractivity contribution in [2.24, 2.45) is 5.92 Å². The third-order valence-electron chi connectivity index (χ3n) is 5.99. The van der Waals surface area contributed by atoms with E-state index >= 15 is 0 Å². The van der Waals surface area contributed by atoms with Crippen LogP contribution >= 0.6 is 11.3 Å². The zero-order valence-electron chi connectivity index (χ0n) is 20.3. The Morgan fingerprint density at radius 1 is 1.08 bits per heavy atom. The highest BCUT2D eigenvalue weighted by Crippen LogP contribution is 2.28. The van der Waals surface area contributed by atoms with Gasteiger partial charge < -0.3 is 20.7 Å². The van der Waals surface area contributed by atoms with Crippen molar-refractivity contribution in [3.63, 3.8) is 0 Å². The molecule has 0 bridgehead atoms. The summed E-state index contributed by atoms with van der Waals surface area (Å²) in [5.41, 5.74) is 0.543. The molecule has 3 rings (SSSR count). The molecule has 2 amide bonds. The van der Waals surface area contributed by atoms with E-state index in [1.165, 1.54) is 35.7 Å². The number of amides is 2. The average molecular weight is 562 g/mol. The first-order chi connectivity index (χ1) is 17.4. The van der Waals surface area contributed by atoms with Crippen LogP contribution in [0.3, 0.4) is 0 Å². The highest BCUT2D eigenvalue weighted by molar-refractivity contribution is 7.91. The van der Waals surface area contributed by atoms with Gasteiger partial charge in [0.2, 0.25) is 5.91 Å². The van der Waals surface area contributed by atoms with Crippen LogP contribution < -0.4 is 20.7 Å². The van der Waals surface area contributed by atoms with Crippen molar-refractivity contribution in [1.82, 2.24) is 10.6 Å². The summed E-state index contributed by atoms with van der Waals surface area (Å²) in [5, 5.41) is 10.0. The van der Waals surface area contributed by atoms with Gasteiger partial charge in [0, 0.05) is 25.0 Å². The van der Waals surface area contributed by atoms with Crippen molar-refractivity contribution >= 4 is 38.7 Å². The number of benzene rings is 1. The van der Waals surface area contributed by atoms with E-state index < -0.39 is 28.1 Å². The van der Waals surface area contributed by atoms with Gasteiger partial charge in [0.1, 0.15) is 16.7 Å². The van der Waals surface area contributed by atoms with Crippen LogP contribution in [0.5, 0.6) is 5.75 Å². The molecule has 2 aromatic rings. The molecule has 1 aliphatic carbocycles. The molecule has 0 spiro atoms. The molecule has 0 saturated heterocycles. The Balaban J connectivity index is 1.57. The number of thiophene rings is 1. The van der Waals surface area contributed by atoms with Crippen molar-refractivity contribution in [1.29, 1.82) is 0 Å². The molecule has 1 atom stereocenters. The van der Waals surface area contributed by atoms with Crippen LogP contribution in [-0.2, 0) is 14.6 Å². The minimum absolute atomic E-state index is 0.0450. The van der Waals surface area contributed by atoms with Gasteiger partial charge in [0.15, 0.2) is 9.84 Å². The Morgan fingerprint density at radius 2 is 1.76 bits per heavy atom. The first-order valence-corrected chi connectivity index (χ1v) is 14.7. The molecule has 1 heterocycles. The lowest BCUT2D eigenvalue weighted by molar-refractivity contribution is -0.274. The van der Waals surface area contributed by atoms with Crippen LogP contribution in [0.25, 0.3) is 0 Å². The number of halogens is 3. The van der Waals surface area contributed by atoms with Crippen molar-refractivity contribution in [3.05, 3.63) is 40.6 Å². The first kappa shape index (κ1) is 28.8. The van der Waals surface area contributed by atoms with Gasteiger partial charge in [-0.2, -0.15) is 0 Å². The third kappa shape index (κ3) is 9.22. The van der Waals surface area contributed by atoms with E-state index in [9.17, 15) is 31.2 Å². The minimum atomic E-state index is -4.77. The van der Waals surface area contributed by atoms with E-state index in [1.807, 2.05) is 0 Å². The number of hydrogen-bond donors (Lipinski definition) is 3. The summed E-state index contributed by atoms with van der Waals surface area (Å²) >= 11 is 1.00. The van der Waals surface area contributed by atoms with Crippen LogP contribution in [0.15, 0.2) is 40.6 Å². The van der Waals surface area contributed by atoms with Gasteiger partial charge in [-0.25, -0.2) is 8.42 Å². The summed E-state index contributed by atoms with van der Waals surface area (Å²) in [6.45, 7) is 0.489. The van der Waals surface area contributed by atoms with E-state index in [-0.39, 0.29) is 33.9 Å². The van der Waals surface area contributed by atoms with Gasteiger partial charge in [0.25, 0.3) is 5.91 Å². The molecule has 1 saturated carbocycles. The summed E-state index contributed by atoms with van der Waals surface area (Å²) in [6, 6.07) is 5.76. The highest BCUT2D eigenvalue weighted by Gasteiger charge is 2.31.